The summed E-state index contributed by atoms with van der Waals surface area (Å²) >= 11 is 0. The normalized spacial score (nSPS) is 22.3. The Morgan fingerprint density at radius 2 is 1.57 bits per heavy atom. The molecule has 0 spiro atoms. The minimum atomic E-state index is -1.75. The summed E-state index contributed by atoms with van der Waals surface area (Å²) in [6.07, 6.45) is -5.39. The van der Waals surface area contributed by atoms with Crippen molar-refractivity contribution in [2.75, 3.05) is 6.61 Å². The highest BCUT2D eigenvalue weighted by Gasteiger charge is 2.47. The van der Waals surface area contributed by atoms with E-state index in [4.69, 9.17) is 18.6 Å². The lowest BCUT2D eigenvalue weighted by atomic mass is 9.99. The molecule has 2 heterocycles. The summed E-state index contributed by atoms with van der Waals surface area (Å²) in [7, 11) is 0. The maximum Gasteiger partial charge on any atom is 0.331 e. The van der Waals surface area contributed by atoms with Crippen LogP contribution in [-0.4, -0.2) is 73.9 Å². The number of hydrogen-bond donors (Lipinski definition) is 6. The molecule has 42 heavy (non-hydrogen) atoms. The zero-order valence-electron chi connectivity index (χ0n) is 21.7. The molecular formula is C30H26O12. The number of rotatable bonds is 7. The van der Waals surface area contributed by atoms with Crippen LogP contribution in [0, 0.1) is 0 Å². The molecule has 5 rings (SSSR count). The van der Waals surface area contributed by atoms with Crippen LogP contribution in [0.5, 0.6) is 23.0 Å². The number of fused-ring (bicyclic) bond motifs is 1. The van der Waals surface area contributed by atoms with E-state index in [1.54, 1.807) is 12.1 Å². The summed E-state index contributed by atoms with van der Waals surface area (Å²) < 4.78 is 22.3. The lowest BCUT2D eigenvalue weighted by Crippen LogP contribution is -2.61. The van der Waals surface area contributed by atoms with Crippen molar-refractivity contribution in [2.45, 2.75) is 30.7 Å². The van der Waals surface area contributed by atoms with E-state index in [9.17, 15) is 40.2 Å². The Balaban J connectivity index is 1.38. The third kappa shape index (κ3) is 6.06. The first-order chi connectivity index (χ1) is 20.1. The topological polar surface area (TPSA) is 196 Å². The van der Waals surface area contributed by atoms with Gasteiger partial charge in [-0.2, -0.15) is 0 Å². The SMILES string of the molecule is O=C(C=Cc1ccc(O)cc1)OC1C(O)C(CO)OC(Oc2cc(O)c3c(=O)cc(-c4ccc(O)cc4)oc3c2)C1O. The summed E-state index contributed by atoms with van der Waals surface area (Å²) in [4.78, 5) is 25.2. The highest BCUT2D eigenvalue weighted by Crippen LogP contribution is 2.34. The van der Waals surface area contributed by atoms with Gasteiger partial charge in [0.25, 0.3) is 0 Å². The molecule has 5 atom stereocenters. The zero-order chi connectivity index (χ0) is 30.0. The molecule has 0 aliphatic carbocycles. The van der Waals surface area contributed by atoms with E-state index in [2.05, 4.69) is 0 Å². The number of ether oxygens (including phenoxy) is 3. The number of aromatic hydroxyl groups is 3. The fraction of sp³-hybridized carbons (Fsp3) is 0.200. The lowest BCUT2D eigenvalue weighted by molar-refractivity contribution is -0.280. The quantitative estimate of drug-likeness (QED) is 0.138. The van der Waals surface area contributed by atoms with Crippen molar-refractivity contribution < 1.29 is 54.1 Å². The molecule has 6 N–H and O–H groups in total. The first-order valence-corrected chi connectivity index (χ1v) is 12.7. The molecule has 1 aliphatic heterocycles. The van der Waals surface area contributed by atoms with Gasteiger partial charge in [-0.15, -0.1) is 0 Å². The Labute approximate surface area is 237 Å². The van der Waals surface area contributed by atoms with Gasteiger partial charge in [-0.05, 0) is 48.0 Å². The molecule has 12 heteroatoms. The van der Waals surface area contributed by atoms with Gasteiger partial charge in [0.15, 0.2) is 17.6 Å². The number of aliphatic hydroxyl groups excluding tert-OH is 3. The van der Waals surface area contributed by atoms with Crippen LogP contribution in [0.25, 0.3) is 28.4 Å². The number of aliphatic hydroxyl groups is 3. The molecule has 0 amide bonds. The fourth-order valence-electron chi connectivity index (χ4n) is 4.43. The van der Waals surface area contributed by atoms with Crippen molar-refractivity contribution in [2.24, 2.45) is 0 Å². The largest absolute Gasteiger partial charge is 0.508 e. The number of carbonyl (C=O) groups excluding carboxylic acids is 1. The number of benzene rings is 3. The summed E-state index contributed by atoms with van der Waals surface area (Å²) in [6.45, 7) is -0.709. The van der Waals surface area contributed by atoms with E-state index in [0.29, 0.717) is 11.1 Å². The van der Waals surface area contributed by atoms with Gasteiger partial charge >= 0.3 is 5.97 Å². The van der Waals surface area contributed by atoms with Crippen LogP contribution >= 0.6 is 0 Å². The number of phenolic OH excluding ortho intramolecular Hbond substituents is 3. The van der Waals surface area contributed by atoms with Crippen molar-refractivity contribution in [3.8, 4) is 34.3 Å². The number of phenols is 3. The van der Waals surface area contributed by atoms with Crippen LogP contribution in [0.2, 0.25) is 0 Å². The lowest BCUT2D eigenvalue weighted by Gasteiger charge is -2.41. The van der Waals surface area contributed by atoms with Gasteiger partial charge in [0.1, 0.15) is 51.9 Å². The molecule has 218 valence electrons. The molecule has 3 aromatic carbocycles. The monoisotopic (exact) mass is 578 g/mol. The van der Waals surface area contributed by atoms with Crippen molar-refractivity contribution >= 4 is 23.0 Å². The summed E-state index contributed by atoms with van der Waals surface area (Å²) in [5.74, 6) is -1.31. The minimum absolute atomic E-state index is 0.0184. The van der Waals surface area contributed by atoms with Crippen LogP contribution in [-0.2, 0) is 14.3 Å². The Bertz CT molecular complexity index is 1660. The van der Waals surface area contributed by atoms with Crippen molar-refractivity contribution in [1.82, 2.24) is 0 Å². The molecule has 5 unspecified atom stereocenters. The van der Waals surface area contributed by atoms with Gasteiger partial charge in [0.2, 0.25) is 6.29 Å². The van der Waals surface area contributed by atoms with E-state index in [-0.39, 0.29) is 34.0 Å². The molecule has 1 aliphatic rings. The standard InChI is InChI=1S/C30H26O12/c31-14-24-27(37)29(42-25(36)10-3-15-1-6-17(32)7-2-15)28(38)30(41-24)39-19-11-20(34)26-21(35)13-22(40-23(26)12-19)16-4-8-18(33)9-5-16/h1-13,24,27-34,37-38H,14H2. The highest BCUT2D eigenvalue weighted by molar-refractivity contribution is 5.87. The van der Waals surface area contributed by atoms with Gasteiger partial charge in [-0.3, -0.25) is 4.79 Å². The van der Waals surface area contributed by atoms with Crippen molar-refractivity contribution in [3.63, 3.8) is 0 Å². The first-order valence-electron chi connectivity index (χ1n) is 12.7. The third-order valence-corrected chi connectivity index (χ3v) is 6.57. The van der Waals surface area contributed by atoms with Gasteiger partial charge in [0.05, 0.1) is 6.61 Å². The number of hydrogen-bond acceptors (Lipinski definition) is 12. The second-order valence-corrected chi connectivity index (χ2v) is 9.49. The highest BCUT2D eigenvalue weighted by atomic mass is 16.7. The van der Waals surface area contributed by atoms with Crippen LogP contribution in [0.4, 0.5) is 0 Å². The fourth-order valence-corrected chi connectivity index (χ4v) is 4.43. The molecular weight excluding hydrogens is 552 g/mol. The van der Waals surface area contributed by atoms with Crippen LogP contribution in [0.1, 0.15) is 5.56 Å². The van der Waals surface area contributed by atoms with Gasteiger partial charge in [0, 0.05) is 29.8 Å². The summed E-state index contributed by atoms with van der Waals surface area (Å²) in [6, 6.07) is 15.4. The molecule has 0 saturated carbocycles. The first kappa shape index (κ1) is 28.6. The van der Waals surface area contributed by atoms with E-state index < -0.39 is 54.5 Å². The number of esters is 1. The van der Waals surface area contributed by atoms with E-state index in [1.807, 2.05) is 0 Å². The summed E-state index contributed by atoms with van der Waals surface area (Å²) in [5.41, 5.74) is 0.441. The molecule has 0 bridgehead atoms. The predicted octanol–water partition coefficient (Wildman–Crippen LogP) is 2.02. The van der Waals surface area contributed by atoms with E-state index in [1.165, 1.54) is 54.6 Å². The summed E-state index contributed by atoms with van der Waals surface area (Å²) in [5, 5.41) is 60.6. The molecule has 1 saturated heterocycles. The third-order valence-electron chi connectivity index (χ3n) is 6.57. The zero-order valence-corrected chi connectivity index (χ0v) is 21.7. The average Bonchev–Trinajstić information content (AvgIpc) is 2.96. The van der Waals surface area contributed by atoms with Gasteiger partial charge < -0.3 is 49.3 Å². The Morgan fingerprint density at radius 1 is 0.905 bits per heavy atom. The van der Waals surface area contributed by atoms with Gasteiger partial charge in [-0.1, -0.05) is 12.1 Å². The maximum absolute atomic E-state index is 12.7. The van der Waals surface area contributed by atoms with Crippen molar-refractivity contribution in [1.29, 1.82) is 0 Å². The van der Waals surface area contributed by atoms with Crippen LogP contribution in [0.15, 0.2) is 82.0 Å². The van der Waals surface area contributed by atoms with E-state index in [0.717, 1.165) is 12.1 Å². The second-order valence-electron chi connectivity index (χ2n) is 9.49. The Hall–Kier alpha value is -4.88. The molecule has 0 radical (unpaired) electrons. The second kappa shape index (κ2) is 11.9. The van der Waals surface area contributed by atoms with E-state index >= 15 is 0 Å². The van der Waals surface area contributed by atoms with Gasteiger partial charge in [-0.25, -0.2) is 4.79 Å². The predicted molar refractivity (Wildman–Crippen MR) is 147 cm³/mol. The average molecular weight is 579 g/mol. The molecule has 1 aromatic heterocycles. The minimum Gasteiger partial charge on any atom is -0.508 e. The smallest absolute Gasteiger partial charge is 0.331 e. The molecule has 4 aromatic rings. The van der Waals surface area contributed by atoms with Crippen LogP contribution < -0.4 is 10.2 Å². The van der Waals surface area contributed by atoms with Crippen LogP contribution in [0.3, 0.4) is 0 Å². The Morgan fingerprint density at radius 3 is 2.24 bits per heavy atom. The molecule has 1 fully saturated rings. The Kier molecular flexibility index (Phi) is 8.13. The molecule has 12 nitrogen and oxygen atoms in total. The van der Waals surface area contributed by atoms with Crippen molar-refractivity contribution in [3.05, 3.63) is 88.6 Å². The number of carbonyl (C=O) groups is 1. The maximum atomic E-state index is 12.7.